The molecule has 102 valence electrons. The van der Waals surface area contributed by atoms with Gasteiger partial charge in [0.1, 0.15) is 0 Å². The smallest absolute Gasteiger partial charge is 0.0756 e. The molecule has 2 nitrogen and oxygen atoms in total. The van der Waals surface area contributed by atoms with Crippen molar-refractivity contribution in [3.63, 3.8) is 0 Å². The van der Waals surface area contributed by atoms with E-state index in [4.69, 9.17) is 17.3 Å². The highest BCUT2D eigenvalue weighted by atomic mass is 35.5. The Bertz CT molecular complexity index is 614. The number of hydrogen-bond donors (Lipinski definition) is 1. The molecule has 2 unspecified atom stereocenters. The molecule has 0 spiro atoms. The number of halogens is 1. The predicted octanol–water partition coefficient (Wildman–Crippen LogP) is 4.21. The van der Waals surface area contributed by atoms with Gasteiger partial charge in [0.15, 0.2) is 0 Å². The molecule has 2 aromatic carbocycles. The van der Waals surface area contributed by atoms with Gasteiger partial charge in [-0.3, -0.25) is 0 Å². The highest BCUT2D eigenvalue weighted by Crippen LogP contribution is 2.33. The standard InChI is InChI=1S/C17H17ClN2/c1-12(10-19)17(11-20)16-5-3-2-4-15(16)13-6-8-14(18)9-7-13/h2-9,12,17H,10,19H2,1H3. The minimum atomic E-state index is -0.202. The average Bonchev–Trinajstić information content (AvgIpc) is 2.49. The quantitative estimate of drug-likeness (QED) is 0.914. The van der Waals surface area contributed by atoms with Gasteiger partial charge in [-0.05, 0) is 41.3 Å². The molecule has 2 rings (SSSR count). The molecule has 3 heteroatoms. The maximum absolute atomic E-state index is 9.47. The van der Waals surface area contributed by atoms with Crippen LogP contribution in [0.2, 0.25) is 5.02 Å². The van der Waals surface area contributed by atoms with E-state index in [9.17, 15) is 5.26 Å². The molecule has 20 heavy (non-hydrogen) atoms. The second kappa shape index (κ2) is 6.56. The number of hydrogen-bond acceptors (Lipinski definition) is 2. The molecule has 0 aliphatic heterocycles. The van der Waals surface area contributed by atoms with E-state index in [0.717, 1.165) is 16.7 Å². The Kier molecular flexibility index (Phi) is 4.79. The zero-order valence-corrected chi connectivity index (χ0v) is 12.1. The van der Waals surface area contributed by atoms with Gasteiger partial charge in [0.2, 0.25) is 0 Å². The topological polar surface area (TPSA) is 49.8 Å². The van der Waals surface area contributed by atoms with Crippen LogP contribution in [0.25, 0.3) is 11.1 Å². The summed E-state index contributed by atoms with van der Waals surface area (Å²) in [6.45, 7) is 2.50. The average molecular weight is 285 g/mol. The van der Waals surface area contributed by atoms with Gasteiger partial charge in [-0.1, -0.05) is 54.9 Å². The number of rotatable bonds is 4. The molecule has 2 atom stereocenters. The Labute approximate surface area is 124 Å². The van der Waals surface area contributed by atoms with Gasteiger partial charge in [0.05, 0.1) is 12.0 Å². The van der Waals surface area contributed by atoms with Gasteiger partial charge in [0.25, 0.3) is 0 Å². The van der Waals surface area contributed by atoms with Crippen LogP contribution < -0.4 is 5.73 Å². The van der Waals surface area contributed by atoms with E-state index in [1.54, 1.807) is 0 Å². The Hall–Kier alpha value is -1.82. The molecule has 0 aliphatic rings. The summed E-state index contributed by atoms with van der Waals surface area (Å²) in [4.78, 5) is 0. The third kappa shape index (κ3) is 3.01. The Morgan fingerprint density at radius 3 is 2.40 bits per heavy atom. The summed E-state index contributed by atoms with van der Waals surface area (Å²) in [7, 11) is 0. The van der Waals surface area contributed by atoms with E-state index in [-0.39, 0.29) is 11.8 Å². The summed E-state index contributed by atoms with van der Waals surface area (Å²) in [5.74, 6) is -0.0830. The number of nitrogens with zero attached hydrogens (tertiary/aromatic N) is 1. The molecule has 0 aliphatic carbocycles. The van der Waals surface area contributed by atoms with Crippen molar-refractivity contribution in [1.29, 1.82) is 5.26 Å². The Morgan fingerprint density at radius 1 is 1.15 bits per heavy atom. The lowest BCUT2D eigenvalue weighted by Gasteiger charge is -2.19. The SMILES string of the molecule is CC(CN)C(C#N)c1ccccc1-c1ccc(Cl)cc1. The van der Waals surface area contributed by atoms with Crippen LogP contribution in [0.3, 0.4) is 0 Å². The highest BCUT2D eigenvalue weighted by molar-refractivity contribution is 6.30. The van der Waals surface area contributed by atoms with Gasteiger partial charge < -0.3 is 5.73 Å². The molecule has 0 saturated heterocycles. The molecule has 0 bridgehead atoms. The molecule has 0 amide bonds. The van der Waals surface area contributed by atoms with Gasteiger partial charge in [-0.2, -0.15) is 5.26 Å². The normalized spacial score (nSPS) is 13.5. The molecule has 0 saturated carbocycles. The van der Waals surface area contributed by atoms with E-state index in [1.165, 1.54) is 0 Å². The van der Waals surface area contributed by atoms with Crippen LogP contribution in [-0.4, -0.2) is 6.54 Å². The van der Waals surface area contributed by atoms with Gasteiger partial charge in [-0.25, -0.2) is 0 Å². The second-order valence-electron chi connectivity index (χ2n) is 4.91. The van der Waals surface area contributed by atoms with Gasteiger partial charge in [0, 0.05) is 5.02 Å². The summed E-state index contributed by atoms with van der Waals surface area (Å²) >= 11 is 5.93. The van der Waals surface area contributed by atoms with E-state index in [1.807, 2.05) is 55.5 Å². The molecular weight excluding hydrogens is 268 g/mol. The molecule has 0 radical (unpaired) electrons. The maximum atomic E-state index is 9.47. The first-order chi connectivity index (χ1) is 9.67. The van der Waals surface area contributed by atoms with Crippen molar-refractivity contribution in [3.05, 3.63) is 59.1 Å². The number of nitriles is 1. The molecule has 0 aromatic heterocycles. The van der Waals surface area contributed by atoms with Crippen molar-refractivity contribution in [2.75, 3.05) is 6.54 Å². The predicted molar refractivity (Wildman–Crippen MR) is 83.5 cm³/mol. The van der Waals surface area contributed by atoms with Crippen molar-refractivity contribution in [2.24, 2.45) is 11.7 Å². The minimum absolute atomic E-state index is 0.119. The minimum Gasteiger partial charge on any atom is -0.330 e. The van der Waals surface area contributed by atoms with E-state index < -0.39 is 0 Å². The molecule has 0 fully saturated rings. The van der Waals surface area contributed by atoms with Crippen molar-refractivity contribution in [3.8, 4) is 17.2 Å². The van der Waals surface area contributed by atoms with E-state index in [2.05, 4.69) is 6.07 Å². The Morgan fingerprint density at radius 2 is 1.80 bits per heavy atom. The lowest BCUT2D eigenvalue weighted by molar-refractivity contribution is 0.544. The fourth-order valence-electron chi connectivity index (χ4n) is 2.30. The van der Waals surface area contributed by atoms with Crippen molar-refractivity contribution < 1.29 is 0 Å². The third-order valence-corrected chi connectivity index (χ3v) is 3.78. The zero-order valence-electron chi connectivity index (χ0n) is 11.4. The first-order valence-electron chi connectivity index (χ1n) is 6.62. The van der Waals surface area contributed by atoms with Crippen LogP contribution in [-0.2, 0) is 0 Å². The first kappa shape index (κ1) is 14.6. The van der Waals surface area contributed by atoms with Gasteiger partial charge >= 0.3 is 0 Å². The number of nitrogens with two attached hydrogens (primary N) is 1. The summed E-state index contributed by atoms with van der Waals surface area (Å²) in [5, 5.41) is 10.2. The molecule has 2 aromatic rings. The van der Waals surface area contributed by atoms with Crippen molar-refractivity contribution in [1.82, 2.24) is 0 Å². The van der Waals surface area contributed by atoms with Crippen LogP contribution in [0.1, 0.15) is 18.4 Å². The van der Waals surface area contributed by atoms with Crippen LogP contribution in [0, 0.1) is 17.2 Å². The fraction of sp³-hybridized carbons (Fsp3) is 0.235. The van der Waals surface area contributed by atoms with Crippen LogP contribution >= 0.6 is 11.6 Å². The molecular formula is C17H17ClN2. The monoisotopic (exact) mass is 284 g/mol. The van der Waals surface area contributed by atoms with Crippen molar-refractivity contribution in [2.45, 2.75) is 12.8 Å². The van der Waals surface area contributed by atoms with Gasteiger partial charge in [-0.15, -0.1) is 0 Å². The zero-order chi connectivity index (χ0) is 14.5. The second-order valence-corrected chi connectivity index (χ2v) is 5.35. The largest absolute Gasteiger partial charge is 0.330 e. The van der Waals surface area contributed by atoms with Crippen LogP contribution in [0.5, 0.6) is 0 Å². The summed E-state index contributed by atoms with van der Waals surface area (Å²) in [6.07, 6.45) is 0. The fourth-order valence-corrected chi connectivity index (χ4v) is 2.43. The summed E-state index contributed by atoms with van der Waals surface area (Å²) in [5.41, 5.74) is 8.88. The lowest BCUT2D eigenvalue weighted by Crippen LogP contribution is -2.18. The van der Waals surface area contributed by atoms with E-state index in [0.29, 0.717) is 11.6 Å². The van der Waals surface area contributed by atoms with E-state index >= 15 is 0 Å². The first-order valence-corrected chi connectivity index (χ1v) is 6.99. The maximum Gasteiger partial charge on any atom is 0.0756 e. The Balaban J connectivity index is 2.50. The summed E-state index contributed by atoms with van der Waals surface area (Å²) in [6, 6.07) is 18.0. The molecule has 2 N–H and O–H groups in total. The van der Waals surface area contributed by atoms with Crippen molar-refractivity contribution >= 4 is 11.6 Å². The molecule has 0 heterocycles. The number of benzene rings is 2. The highest BCUT2D eigenvalue weighted by Gasteiger charge is 2.20. The third-order valence-electron chi connectivity index (χ3n) is 3.53. The van der Waals surface area contributed by atoms with Crippen LogP contribution in [0.4, 0.5) is 0 Å². The summed E-state index contributed by atoms with van der Waals surface area (Å²) < 4.78 is 0. The lowest BCUT2D eigenvalue weighted by atomic mass is 9.84. The van der Waals surface area contributed by atoms with Crippen LogP contribution in [0.15, 0.2) is 48.5 Å².